The maximum Gasteiger partial charge on any atom is 0.164 e. The van der Waals surface area contributed by atoms with Crippen molar-refractivity contribution in [3.63, 3.8) is 0 Å². The minimum atomic E-state index is 0.694. The molecule has 0 bridgehead atoms. The molecule has 2 N–H and O–H groups in total. The first kappa shape index (κ1) is 11.9. The van der Waals surface area contributed by atoms with E-state index in [0.29, 0.717) is 6.54 Å². The molecular formula is C12H19NO2. The summed E-state index contributed by atoms with van der Waals surface area (Å²) in [6.07, 6.45) is 1.89. The van der Waals surface area contributed by atoms with Crippen molar-refractivity contribution in [1.82, 2.24) is 0 Å². The first-order valence-corrected chi connectivity index (χ1v) is 5.15. The predicted molar refractivity (Wildman–Crippen MR) is 61.7 cm³/mol. The van der Waals surface area contributed by atoms with Gasteiger partial charge in [0.1, 0.15) is 0 Å². The molecule has 0 radical (unpaired) electrons. The first-order chi connectivity index (χ1) is 7.24. The van der Waals surface area contributed by atoms with Gasteiger partial charge in [-0.15, -0.1) is 0 Å². The standard InChI is InChI=1S/C12H19NO2/c1-9-6-7-10(5-4-8-13)12(15-3)11(9)14-2/h6-7H,4-5,8,13H2,1-3H3. The van der Waals surface area contributed by atoms with Crippen molar-refractivity contribution in [2.75, 3.05) is 20.8 Å². The highest BCUT2D eigenvalue weighted by atomic mass is 16.5. The van der Waals surface area contributed by atoms with Crippen LogP contribution in [0.1, 0.15) is 17.5 Å². The normalized spacial score (nSPS) is 10.1. The van der Waals surface area contributed by atoms with Crippen LogP contribution in [0.5, 0.6) is 11.5 Å². The molecule has 0 aromatic heterocycles. The van der Waals surface area contributed by atoms with Crippen LogP contribution in [0.4, 0.5) is 0 Å². The second-order valence-corrected chi connectivity index (χ2v) is 3.50. The summed E-state index contributed by atoms with van der Waals surface area (Å²) in [4.78, 5) is 0. The monoisotopic (exact) mass is 209 g/mol. The van der Waals surface area contributed by atoms with Crippen LogP contribution in [0.25, 0.3) is 0 Å². The van der Waals surface area contributed by atoms with Crippen LogP contribution in [-0.4, -0.2) is 20.8 Å². The molecule has 0 aliphatic rings. The summed E-state index contributed by atoms with van der Waals surface area (Å²) < 4.78 is 10.7. The average Bonchev–Trinajstić information content (AvgIpc) is 2.26. The number of benzene rings is 1. The molecule has 15 heavy (non-hydrogen) atoms. The van der Waals surface area contributed by atoms with Gasteiger partial charge in [-0.2, -0.15) is 0 Å². The van der Waals surface area contributed by atoms with Crippen molar-refractivity contribution in [3.8, 4) is 11.5 Å². The van der Waals surface area contributed by atoms with E-state index < -0.39 is 0 Å². The molecule has 0 spiro atoms. The number of aryl methyl sites for hydroxylation is 2. The van der Waals surface area contributed by atoms with E-state index in [1.807, 2.05) is 13.0 Å². The van der Waals surface area contributed by atoms with Gasteiger partial charge >= 0.3 is 0 Å². The highest BCUT2D eigenvalue weighted by Gasteiger charge is 2.11. The van der Waals surface area contributed by atoms with E-state index in [2.05, 4.69) is 6.07 Å². The predicted octanol–water partition coefficient (Wildman–Crippen LogP) is 1.90. The largest absolute Gasteiger partial charge is 0.493 e. The zero-order valence-electron chi connectivity index (χ0n) is 9.67. The van der Waals surface area contributed by atoms with Gasteiger partial charge < -0.3 is 15.2 Å². The van der Waals surface area contributed by atoms with Crippen LogP contribution in [0.2, 0.25) is 0 Å². The highest BCUT2D eigenvalue weighted by Crippen LogP contribution is 2.34. The van der Waals surface area contributed by atoms with Gasteiger partial charge in [-0.3, -0.25) is 0 Å². The fourth-order valence-corrected chi connectivity index (χ4v) is 1.67. The van der Waals surface area contributed by atoms with Crippen LogP contribution >= 0.6 is 0 Å². The third-order valence-corrected chi connectivity index (χ3v) is 2.45. The summed E-state index contributed by atoms with van der Waals surface area (Å²) >= 11 is 0. The van der Waals surface area contributed by atoms with Crippen molar-refractivity contribution in [3.05, 3.63) is 23.3 Å². The van der Waals surface area contributed by atoms with Crippen LogP contribution in [0, 0.1) is 6.92 Å². The Kier molecular flexibility index (Phi) is 4.43. The van der Waals surface area contributed by atoms with E-state index >= 15 is 0 Å². The van der Waals surface area contributed by atoms with Gasteiger partial charge in [0.25, 0.3) is 0 Å². The molecule has 3 nitrogen and oxygen atoms in total. The molecule has 1 aromatic rings. The minimum Gasteiger partial charge on any atom is -0.493 e. The molecule has 0 amide bonds. The first-order valence-electron chi connectivity index (χ1n) is 5.15. The van der Waals surface area contributed by atoms with E-state index in [1.165, 1.54) is 0 Å². The Balaban J connectivity index is 3.05. The van der Waals surface area contributed by atoms with Gasteiger partial charge in [-0.1, -0.05) is 12.1 Å². The summed E-state index contributed by atoms with van der Waals surface area (Å²) in [5.41, 5.74) is 7.74. The lowest BCUT2D eigenvalue weighted by Gasteiger charge is -2.14. The number of hydrogen-bond acceptors (Lipinski definition) is 3. The smallest absolute Gasteiger partial charge is 0.164 e. The van der Waals surface area contributed by atoms with Crippen molar-refractivity contribution in [2.24, 2.45) is 5.73 Å². The Hall–Kier alpha value is -1.22. The molecule has 0 saturated carbocycles. The molecule has 0 heterocycles. The van der Waals surface area contributed by atoms with Crippen LogP contribution in [0.15, 0.2) is 12.1 Å². The van der Waals surface area contributed by atoms with Gasteiger partial charge in [0.05, 0.1) is 14.2 Å². The second kappa shape index (κ2) is 5.61. The molecule has 0 aliphatic carbocycles. The molecule has 1 rings (SSSR count). The molecule has 0 atom stereocenters. The Labute approximate surface area is 91.2 Å². The SMILES string of the molecule is COc1c(C)ccc(CCCN)c1OC. The second-order valence-electron chi connectivity index (χ2n) is 3.50. The van der Waals surface area contributed by atoms with Crippen LogP contribution < -0.4 is 15.2 Å². The quantitative estimate of drug-likeness (QED) is 0.805. The van der Waals surface area contributed by atoms with Gasteiger partial charge in [0, 0.05) is 0 Å². The zero-order valence-corrected chi connectivity index (χ0v) is 9.67. The fraction of sp³-hybridized carbons (Fsp3) is 0.500. The fourth-order valence-electron chi connectivity index (χ4n) is 1.67. The number of nitrogens with two attached hydrogens (primary N) is 1. The van der Waals surface area contributed by atoms with Crippen LogP contribution in [-0.2, 0) is 6.42 Å². The summed E-state index contributed by atoms with van der Waals surface area (Å²) in [6, 6.07) is 4.12. The lowest BCUT2D eigenvalue weighted by Crippen LogP contribution is -2.03. The van der Waals surface area contributed by atoms with E-state index in [4.69, 9.17) is 15.2 Å². The third kappa shape index (κ3) is 2.63. The van der Waals surface area contributed by atoms with Crippen LogP contribution in [0.3, 0.4) is 0 Å². The summed E-state index contributed by atoms with van der Waals surface area (Å²) in [5, 5.41) is 0. The third-order valence-electron chi connectivity index (χ3n) is 2.45. The van der Waals surface area contributed by atoms with Gasteiger partial charge in [0.2, 0.25) is 0 Å². The lowest BCUT2D eigenvalue weighted by atomic mass is 10.1. The highest BCUT2D eigenvalue weighted by molar-refractivity contribution is 5.51. The topological polar surface area (TPSA) is 44.5 Å². The van der Waals surface area contributed by atoms with E-state index in [9.17, 15) is 0 Å². The number of ether oxygens (including phenoxy) is 2. The molecule has 0 unspecified atom stereocenters. The Bertz CT molecular complexity index is 324. The Morgan fingerprint density at radius 3 is 2.33 bits per heavy atom. The maximum atomic E-state index is 5.50. The van der Waals surface area contributed by atoms with Crippen molar-refractivity contribution in [1.29, 1.82) is 0 Å². The van der Waals surface area contributed by atoms with Crippen molar-refractivity contribution < 1.29 is 9.47 Å². The molecule has 1 aromatic carbocycles. The summed E-state index contributed by atoms with van der Waals surface area (Å²) in [5.74, 6) is 1.66. The average molecular weight is 209 g/mol. The summed E-state index contributed by atoms with van der Waals surface area (Å²) in [7, 11) is 3.33. The van der Waals surface area contributed by atoms with Gasteiger partial charge in [-0.25, -0.2) is 0 Å². The minimum absolute atomic E-state index is 0.694. The van der Waals surface area contributed by atoms with E-state index in [1.54, 1.807) is 14.2 Å². The summed E-state index contributed by atoms with van der Waals surface area (Å²) in [6.45, 7) is 2.70. The molecule has 0 saturated heterocycles. The van der Waals surface area contributed by atoms with E-state index in [-0.39, 0.29) is 0 Å². The number of hydrogen-bond donors (Lipinski definition) is 1. The molecule has 3 heteroatoms. The molecule has 0 fully saturated rings. The molecule has 84 valence electrons. The van der Waals surface area contributed by atoms with Gasteiger partial charge in [-0.05, 0) is 37.4 Å². The van der Waals surface area contributed by atoms with E-state index in [0.717, 1.165) is 35.5 Å². The maximum absolute atomic E-state index is 5.50. The molecule has 0 aliphatic heterocycles. The molecular weight excluding hydrogens is 190 g/mol. The van der Waals surface area contributed by atoms with Crippen molar-refractivity contribution >= 4 is 0 Å². The van der Waals surface area contributed by atoms with Gasteiger partial charge in [0.15, 0.2) is 11.5 Å². The number of rotatable bonds is 5. The zero-order chi connectivity index (χ0) is 11.3. The lowest BCUT2D eigenvalue weighted by molar-refractivity contribution is 0.349. The Morgan fingerprint density at radius 2 is 1.80 bits per heavy atom. The Morgan fingerprint density at radius 1 is 1.13 bits per heavy atom. The van der Waals surface area contributed by atoms with Crippen molar-refractivity contribution in [2.45, 2.75) is 19.8 Å². The number of methoxy groups -OCH3 is 2.